The molecule has 2 aromatic rings. The van der Waals surface area contributed by atoms with Crippen molar-refractivity contribution in [2.75, 3.05) is 7.05 Å². The highest BCUT2D eigenvalue weighted by atomic mass is 19.1. The molecule has 0 bridgehead atoms. The number of hydrogen-bond donors (Lipinski definition) is 3. The summed E-state index contributed by atoms with van der Waals surface area (Å²) in [6.45, 7) is 0. The molecule has 1 fully saturated rings. The molecule has 6 heteroatoms. The van der Waals surface area contributed by atoms with Crippen molar-refractivity contribution in [3.63, 3.8) is 0 Å². The molecule has 0 aromatic heterocycles. The fourth-order valence-electron chi connectivity index (χ4n) is 3.86. The lowest BCUT2D eigenvalue weighted by Crippen LogP contribution is -2.46. The summed E-state index contributed by atoms with van der Waals surface area (Å²) in [5.41, 5.74) is 1.43. The van der Waals surface area contributed by atoms with Gasteiger partial charge in [0, 0.05) is 18.2 Å². The second-order valence-corrected chi connectivity index (χ2v) is 6.93. The van der Waals surface area contributed by atoms with Gasteiger partial charge in [-0.05, 0) is 48.2 Å². The minimum absolute atomic E-state index is 0.246. The van der Waals surface area contributed by atoms with Crippen LogP contribution in [0.4, 0.5) is 9.18 Å². The molecule has 0 saturated heterocycles. The first-order valence-electron chi connectivity index (χ1n) is 9.09. The Morgan fingerprint density at radius 2 is 1.81 bits per heavy atom. The summed E-state index contributed by atoms with van der Waals surface area (Å²) < 4.78 is 14.6. The summed E-state index contributed by atoms with van der Waals surface area (Å²) in [4.78, 5) is 23.3. The van der Waals surface area contributed by atoms with E-state index < -0.39 is 17.4 Å². The maximum Gasteiger partial charge on any atom is 0.405 e. The SMILES string of the molecule is CNC(=O)c1cccc(-c2cc(C3(NC(=O)O)CCCCC3)ccc2F)c1. The first-order valence-corrected chi connectivity index (χ1v) is 9.09. The Hall–Kier alpha value is -2.89. The lowest BCUT2D eigenvalue weighted by atomic mass is 9.76. The molecule has 3 rings (SSSR count). The van der Waals surface area contributed by atoms with Gasteiger partial charge in [0.1, 0.15) is 5.82 Å². The van der Waals surface area contributed by atoms with E-state index in [1.54, 1.807) is 43.4 Å². The van der Waals surface area contributed by atoms with Crippen molar-refractivity contribution in [1.82, 2.24) is 10.6 Å². The highest BCUT2D eigenvalue weighted by molar-refractivity contribution is 5.95. The van der Waals surface area contributed by atoms with Crippen molar-refractivity contribution in [3.8, 4) is 11.1 Å². The predicted molar refractivity (Wildman–Crippen MR) is 101 cm³/mol. The normalized spacial score (nSPS) is 15.8. The summed E-state index contributed by atoms with van der Waals surface area (Å²) >= 11 is 0. The van der Waals surface area contributed by atoms with E-state index >= 15 is 0 Å². The largest absolute Gasteiger partial charge is 0.465 e. The molecule has 3 N–H and O–H groups in total. The van der Waals surface area contributed by atoms with Gasteiger partial charge in [-0.2, -0.15) is 0 Å². The lowest BCUT2D eigenvalue weighted by molar-refractivity contribution is 0.0963. The molecule has 0 heterocycles. The second-order valence-electron chi connectivity index (χ2n) is 6.93. The molecule has 1 aliphatic rings. The first-order chi connectivity index (χ1) is 12.9. The van der Waals surface area contributed by atoms with E-state index in [4.69, 9.17) is 0 Å². The Kier molecular flexibility index (Phi) is 5.44. The van der Waals surface area contributed by atoms with Gasteiger partial charge in [0.15, 0.2) is 0 Å². The topological polar surface area (TPSA) is 78.4 Å². The molecule has 0 aliphatic heterocycles. The van der Waals surface area contributed by atoms with Crippen LogP contribution in [-0.2, 0) is 5.54 Å². The van der Waals surface area contributed by atoms with Crippen molar-refractivity contribution in [2.45, 2.75) is 37.6 Å². The van der Waals surface area contributed by atoms with Gasteiger partial charge in [-0.1, -0.05) is 37.5 Å². The van der Waals surface area contributed by atoms with Crippen molar-refractivity contribution < 1.29 is 19.1 Å². The van der Waals surface area contributed by atoms with Crippen LogP contribution in [0.5, 0.6) is 0 Å². The molecule has 1 aliphatic carbocycles. The summed E-state index contributed by atoms with van der Waals surface area (Å²) in [6.07, 6.45) is 3.18. The Morgan fingerprint density at radius 1 is 1.07 bits per heavy atom. The Bertz CT molecular complexity index is 860. The van der Waals surface area contributed by atoms with E-state index in [-0.39, 0.29) is 5.91 Å². The maximum atomic E-state index is 14.6. The number of carbonyl (C=O) groups excluding carboxylic acids is 1. The maximum absolute atomic E-state index is 14.6. The van der Waals surface area contributed by atoms with E-state index in [2.05, 4.69) is 10.6 Å². The van der Waals surface area contributed by atoms with E-state index in [0.29, 0.717) is 29.5 Å². The molecular formula is C21H23FN2O3. The van der Waals surface area contributed by atoms with E-state index in [1.807, 2.05) is 0 Å². The van der Waals surface area contributed by atoms with Gasteiger partial charge >= 0.3 is 6.09 Å². The lowest BCUT2D eigenvalue weighted by Gasteiger charge is -2.38. The average Bonchev–Trinajstić information content (AvgIpc) is 2.68. The zero-order chi connectivity index (χ0) is 19.4. The van der Waals surface area contributed by atoms with E-state index in [0.717, 1.165) is 24.8 Å². The summed E-state index contributed by atoms with van der Waals surface area (Å²) in [5.74, 6) is -0.654. The van der Waals surface area contributed by atoms with Crippen LogP contribution in [0.3, 0.4) is 0 Å². The number of nitrogens with one attached hydrogen (secondary N) is 2. The van der Waals surface area contributed by atoms with Crippen LogP contribution >= 0.6 is 0 Å². The Labute approximate surface area is 157 Å². The standard InChI is InChI=1S/C21H23FN2O3/c1-23-19(25)15-7-5-6-14(12-15)17-13-16(8-9-18(17)22)21(24-20(26)27)10-3-2-4-11-21/h5-9,12-13,24H,2-4,10-11H2,1H3,(H,23,25)(H,26,27). The van der Waals surface area contributed by atoms with Crippen LogP contribution in [0.25, 0.3) is 11.1 Å². The molecule has 0 atom stereocenters. The van der Waals surface area contributed by atoms with Gasteiger partial charge in [-0.25, -0.2) is 9.18 Å². The molecule has 2 amide bonds. The van der Waals surface area contributed by atoms with Crippen LogP contribution in [0, 0.1) is 5.82 Å². The number of hydrogen-bond acceptors (Lipinski definition) is 2. The molecule has 142 valence electrons. The zero-order valence-electron chi connectivity index (χ0n) is 15.2. The average molecular weight is 370 g/mol. The number of amides is 2. The quantitative estimate of drug-likeness (QED) is 0.752. The van der Waals surface area contributed by atoms with Crippen molar-refractivity contribution >= 4 is 12.0 Å². The van der Waals surface area contributed by atoms with Gasteiger partial charge in [0.2, 0.25) is 0 Å². The highest BCUT2D eigenvalue weighted by Gasteiger charge is 2.36. The number of carboxylic acid groups (broad SMARTS) is 1. The van der Waals surface area contributed by atoms with Crippen LogP contribution in [-0.4, -0.2) is 24.2 Å². The fraction of sp³-hybridized carbons (Fsp3) is 0.333. The third kappa shape index (κ3) is 3.94. The monoisotopic (exact) mass is 370 g/mol. The number of benzene rings is 2. The number of halogens is 1. The third-order valence-electron chi connectivity index (χ3n) is 5.24. The van der Waals surface area contributed by atoms with E-state index in [9.17, 15) is 19.1 Å². The molecule has 1 saturated carbocycles. The van der Waals surface area contributed by atoms with Gasteiger partial charge in [-0.15, -0.1) is 0 Å². The molecule has 0 radical (unpaired) electrons. The smallest absolute Gasteiger partial charge is 0.405 e. The first kappa shape index (κ1) is 18.9. The molecular weight excluding hydrogens is 347 g/mol. The molecule has 5 nitrogen and oxygen atoms in total. The van der Waals surface area contributed by atoms with Gasteiger partial charge < -0.3 is 15.7 Å². The summed E-state index contributed by atoms with van der Waals surface area (Å²) in [7, 11) is 1.54. The molecule has 2 aromatic carbocycles. The minimum atomic E-state index is -1.08. The fourth-order valence-corrected chi connectivity index (χ4v) is 3.86. The number of carbonyl (C=O) groups is 2. The van der Waals surface area contributed by atoms with Crippen molar-refractivity contribution in [2.24, 2.45) is 0 Å². The number of rotatable bonds is 4. The molecule has 0 spiro atoms. The van der Waals surface area contributed by atoms with Crippen LogP contribution in [0.1, 0.15) is 48.0 Å². The Balaban J connectivity index is 2.06. The zero-order valence-corrected chi connectivity index (χ0v) is 15.2. The van der Waals surface area contributed by atoms with Crippen molar-refractivity contribution in [3.05, 3.63) is 59.4 Å². The minimum Gasteiger partial charge on any atom is -0.465 e. The molecule has 0 unspecified atom stereocenters. The third-order valence-corrected chi connectivity index (χ3v) is 5.24. The highest BCUT2D eigenvalue weighted by Crippen LogP contribution is 2.39. The van der Waals surface area contributed by atoms with Crippen LogP contribution in [0.2, 0.25) is 0 Å². The van der Waals surface area contributed by atoms with Crippen molar-refractivity contribution in [1.29, 1.82) is 0 Å². The van der Waals surface area contributed by atoms with Gasteiger partial charge in [-0.3, -0.25) is 4.79 Å². The summed E-state index contributed by atoms with van der Waals surface area (Å²) in [6, 6.07) is 11.5. The van der Waals surface area contributed by atoms with Crippen LogP contribution < -0.4 is 10.6 Å². The van der Waals surface area contributed by atoms with E-state index in [1.165, 1.54) is 6.07 Å². The van der Waals surface area contributed by atoms with Gasteiger partial charge in [0.05, 0.1) is 5.54 Å². The second kappa shape index (κ2) is 7.78. The van der Waals surface area contributed by atoms with Crippen LogP contribution in [0.15, 0.2) is 42.5 Å². The Morgan fingerprint density at radius 3 is 2.48 bits per heavy atom. The molecule has 27 heavy (non-hydrogen) atoms. The summed E-state index contributed by atoms with van der Waals surface area (Å²) in [5, 5.41) is 14.6. The predicted octanol–water partition coefficient (Wildman–Crippen LogP) is 4.28. The van der Waals surface area contributed by atoms with Gasteiger partial charge in [0.25, 0.3) is 5.91 Å².